The van der Waals surface area contributed by atoms with E-state index < -0.39 is 5.82 Å². The number of aromatic nitrogens is 1. The normalized spacial score (nSPS) is 21.1. The molecule has 2 saturated heterocycles. The van der Waals surface area contributed by atoms with Gasteiger partial charge in [0.05, 0.1) is 5.56 Å². The standard InChI is InChI=1S/C30H27FN4O/c1-34-11-10-20-12-18(5-9-29(20)34)26-8-4-21(13-27(26)19-2-3-22(17-32)28(31)14-19)30(36)35-24-6-7-25(35)16-23(33)15-24/h2-5,8-14,23-25H,6-7,15-16,33H2,1H3. The molecule has 1 aromatic heterocycles. The molecule has 2 fully saturated rings. The number of rotatable bonds is 3. The smallest absolute Gasteiger partial charge is 0.254 e. The summed E-state index contributed by atoms with van der Waals surface area (Å²) in [6, 6.07) is 21.0. The second-order valence-corrected chi connectivity index (χ2v) is 10.1. The van der Waals surface area contributed by atoms with E-state index in [1.807, 2.05) is 42.4 Å². The number of nitriles is 1. The van der Waals surface area contributed by atoms with Gasteiger partial charge in [0.1, 0.15) is 11.9 Å². The maximum absolute atomic E-state index is 14.7. The maximum atomic E-state index is 14.7. The fourth-order valence-corrected chi connectivity index (χ4v) is 6.09. The lowest BCUT2D eigenvalue weighted by Crippen LogP contribution is -2.50. The van der Waals surface area contributed by atoms with E-state index in [0.29, 0.717) is 11.1 Å². The van der Waals surface area contributed by atoms with Crippen LogP contribution >= 0.6 is 0 Å². The lowest BCUT2D eigenvalue weighted by atomic mass is 9.91. The topological polar surface area (TPSA) is 75.1 Å². The van der Waals surface area contributed by atoms with Crippen molar-refractivity contribution in [2.45, 2.75) is 43.8 Å². The van der Waals surface area contributed by atoms with Crippen molar-refractivity contribution in [2.24, 2.45) is 12.8 Å². The Hall–Kier alpha value is -3.95. The van der Waals surface area contributed by atoms with Crippen molar-refractivity contribution in [1.29, 1.82) is 5.26 Å². The maximum Gasteiger partial charge on any atom is 0.254 e. The lowest BCUT2D eigenvalue weighted by molar-refractivity contribution is 0.0575. The van der Waals surface area contributed by atoms with Crippen molar-refractivity contribution in [3.05, 3.63) is 83.8 Å². The molecule has 36 heavy (non-hydrogen) atoms. The molecule has 0 saturated carbocycles. The molecule has 2 N–H and O–H groups in total. The molecular weight excluding hydrogens is 451 g/mol. The minimum Gasteiger partial charge on any atom is -0.351 e. The van der Waals surface area contributed by atoms with E-state index in [9.17, 15) is 14.4 Å². The molecule has 3 heterocycles. The number of aryl methyl sites for hydroxylation is 1. The molecule has 2 aliphatic heterocycles. The van der Waals surface area contributed by atoms with E-state index in [4.69, 9.17) is 5.73 Å². The molecule has 2 aliphatic rings. The number of hydrogen-bond acceptors (Lipinski definition) is 3. The zero-order valence-corrected chi connectivity index (χ0v) is 20.1. The number of amides is 1. The first-order valence-corrected chi connectivity index (χ1v) is 12.4. The summed E-state index contributed by atoms with van der Waals surface area (Å²) in [5, 5.41) is 10.3. The van der Waals surface area contributed by atoms with Crippen LogP contribution in [0.25, 0.3) is 33.2 Å². The summed E-state index contributed by atoms with van der Waals surface area (Å²) in [5.74, 6) is -0.561. The average molecular weight is 479 g/mol. The summed E-state index contributed by atoms with van der Waals surface area (Å²) < 4.78 is 16.7. The van der Waals surface area contributed by atoms with Crippen molar-refractivity contribution in [3.63, 3.8) is 0 Å². The average Bonchev–Trinajstić information content (AvgIpc) is 3.39. The minimum atomic E-state index is -0.570. The second-order valence-electron chi connectivity index (χ2n) is 10.1. The van der Waals surface area contributed by atoms with E-state index in [2.05, 4.69) is 28.8 Å². The van der Waals surface area contributed by atoms with Crippen molar-refractivity contribution < 1.29 is 9.18 Å². The van der Waals surface area contributed by atoms with Gasteiger partial charge in [-0.3, -0.25) is 4.79 Å². The lowest BCUT2D eigenvalue weighted by Gasteiger charge is -2.38. The Morgan fingerprint density at radius 2 is 1.69 bits per heavy atom. The molecule has 180 valence electrons. The largest absolute Gasteiger partial charge is 0.351 e. The number of hydrogen-bond donors (Lipinski definition) is 1. The Morgan fingerprint density at radius 3 is 2.42 bits per heavy atom. The fraction of sp³-hybridized carbons (Fsp3) is 0.267. The van der Waals surface area contributed by atoms with Gasteiger partial charge in [0.15, 0.2) is 0 Å². The van der Waals surface area contributed by atoms with Crippen LogP contribution < -0.4 is 5.73 Å². The van der Waals surface area contributed by atoms with Gasteiger partial charge in [-0.1, -0.05) is 18.2 Å². The van der Waals surface area contributed by atoms with E-state index >= 15 is 0 Å². The zero-order chi connectivity index (χ0) is 25.0. The Kier molecular flexibility index (Phi) is 5.39. The molecule has 0 radical (unpaired) electrons. The molecule has 2 bridgehead atoms. The van der Waals surface area contributed by atoms with Crippen molar-refractivity contribution in [3.8, 4) is 28.3 Å². The summed E-state index contributed by atoms with van der Waals surface area (Å²) >= 11 is 0. The number of carbonyl (C=O) groups is 1. The molecule has 3 aromatic carbocycles. The number of halogens is 1. The molecule has 0 aliphatic carbocycles. The van der Waals surface area contributed by atoms with Gasteiger partial charge in [-0.25, -0.2) is 4.39 Å². The predicted molar refractivity (Wildman–Crippen MR) is 139 cm³/mol. The first kappa shape index (κ1) is 22.5. The number of nitrogens with two attached hydrogens (primary N) is 1. The monoisotopic (exact) mass is 478 g/mol. The third-order valence-corrected chi connectivity index (χ3v) is 7.87. The first-order valence-electron chi connectivity index (χ1n) is 12.4. The van der Waals surface area contributed by atoms with Crippen LogP contribution in [-0.2, 0) is 7.05 Å². The van der Waals surface area contributed by atoms with Crippen molar-refractivity contribution in [2.75, 3.05) is 0 Å². The van der Waals surface area contributed by atoms with Crippen molar-refractivity contribution >= 4 is 16.8 Å². The molecule has 2 atom stereocenters. The summed E-state index contributed by atoms with van der Waals surface area (Å²) in [6.07, 6.45) is 5.68. The van der Waals surface area contributed by atoms with E-state index in [1.54, 1.807) is 6.07 Å². The van der Waals surface area contributed by atoms with Gasteiger partial charge in [-0.15, -0.1) is 0 Å². The van der Waals surface area contributed by atoms with Crippen molar-refractivity contribution in [1.82, 2.24) is 9.47 Å². The van der Waals surface area contributed by atoms with Crippen LogP contribution in [0.5, 0.6) is 0 Å². The molecule has 5 nitrogen and oxygen atoms in total. The highest BCUT2D eigenvalue weighted by molar-refractivity contribution is 5.99. The zero-order valence-electron chi connectivity index (χ0n) is 20.1. The predicted octanol–water partition coefficient (Wildman–Crippen LogP) is 5.62. The quantitative estimate of drug-likeness (QED) is 0.415. The highest BCUT2D eigenvalue weighted by Gasteiger charge is 2.42. The number of fused-ring (bicyclic) bond motifs is 3. The Labute approximate surface area is 209 Å². The summed E-state index contributed by atoms with van der Waals surface area (Å²) in [6.45, 7) is 0. The van der Waals surface area contributed by atoms with E-state index in [0.717, 1.165) is 53.3 Å². The molecule has 1 amide bonds. The number of benzene rings is 3. The van der Waals surface area contributed by atoms with Gasteiger partial charge in [0.2, 0.25) is 0 Å². The third kappa shape index (κ3) is 3.68. The van der Waals surface area contributed by atoms with E-state index in [-0.39, 0.29) is 29.6 Å². The highest BCUT2D eigenvalue weighted by Crippen LogP contribution is 2.39. The molecule has 0 spiro atoms. The first-order chi connectivity index (χ1) is 17.4. The third-order valence-electron chi connectivity index (χ3n) is 7.87. The van der Waals surface area contributed by atoms with Gasteiger partial charge >= 0.3 is 0 Å². The highest BCUT2D eigenvalue weighted by atomic mass is 19.1. The summed E-state index contributed by atoms with van der Waals surface area (Å²) in [5.41, 5.74) is 11.2. The van der Waals surface area contributed by atoms with Crippen LogP contribution in [0, 0.1) is 17.1 Å². The Bertz CT molecular complexity index is 1530. The van der Waals surface area contributed by atoms with Crippen LogP contribution in [0.15, 0.2) is 66.9 Å². The fourth-order valence-electron chi connectivity index (χ4n) is 6.09. The number of carbonyl (C=O) groups excluding carboxylic acids is 1. The van der Waals surface area contributed by atoms with Gasteiger partial charge in [-0.05, 0) is 90.4 Å². The van der Waals surface area contributed by atoms with Crippen LogP contribution in [0.1, 0.15) is 41.6 Å². The van der Waals surface area contributed by atoms with Crippen LogP contribution in [-0.4, -0.2) is 33.5 Å². The van der Waals surface area contributed by atoms with Crippen LogP contribution in [0.4, 0.5) is 4.39 Å². The van der Waals surface area contributed by atoms with E-state index in [1.165, 1.54) is 12.1 Å². The Balaban J connectivity index is 1.47. The Morgan fingerprint density at radius 1 is 0.972 bits per heavy atom. The molecule has 6 heteroatoms. The molecule has 4 aromatic rings. The minimum absolute atomic E-state index is 0.000494. The molecule has 6 rings (SSSR count). The number of nitrogens with zero attached hydrogens (tertiary/aromatic N) is 3. The molecular formula is C30H27FN4O. The van der Waals surface area contributed by atoms with Gasteiger partial charge in [-0.2, -0.15) is 5.26 Å². The molecule has 2 unspecified atom stereocenters. The number of piperidine rings is 1. The van der Waals surface area contributed by atoms with Gasteiger partial charge in [0.25, 0.3) is 5.91 Å². The second kappa shape index (κ2) is 8.61. The van der Waals surface area contributed by atoms with Crippen LogP contribution in [0.3, 0.4) is 0 Å². The summed E-state index contributed by atoms with van der Waals surface area (Å²) in [4.78, 5) is 15.7. The summed E-state index contributed by atoms with van der Waals surface area (Å²) in [7, 11) is 2.01. The van der Waals surface area contributed by atoms with Gasteiger partial charge in [0, 0.05) is 47.8 Å². The van der Waals surface area contributed by atoms with Gasteiger partial charge < -0.3 is 15.2 Å². The SMILES string of the molecule is Cn1ccc2cc(-c3ccc(C(=O)N4C5CCC4CC(N)C5)cc3-c3ccc(C#N)c(F)c3)ccc21. The van der Waals surface area contributed by atoms with Crippen LogP contribution in [0.2, 0.25) is 0 Å².